The van der Waals surface area contributed by atoms with Gasteiger partial charge in [0.2, 0.25) is 0 Å². The number of hydrogen-bond acceptors (Lipinski definition) is 2. The van der Waals surface area contributed by atoms with Gasteiger partial charge >= 0.3 is 5.97 Å². The van der Waals surface area contributed by atoms with Crippen molar-refractivity contribution >= 4 is 22.1 Å². The molecule has 0 rings (SSSR count). The van der Waals surface area contributed by atoms with Crippen molar-refractivity contribution in [2.24, 2.45) is 0 Å². The summed E-state index contributed by atoms with van der Waals surface area (Å²) < 4.78 is 5.17. The zero-order valence-electron chi connectivity index (χ0n) is 13.5. The third-order valence-electron chi connectivity index (χ3n) is 3.56. The monoisotopic (exact) mass is 298 g/mol. The first kappa shape index (κ1) is 18.4. The summed E-state index contributed by atoms with van der Waals surface area (Å²) in [5.74, 6) is -0.273. The Labute approximate surface area is 121 Å². The van der Waals surface area contributed by atoms with E-state index in [9.17, 15) is 4.79 Å². The van der Waals surface area contributed by atoms with Crippen LogP contribution >= 0.6 is 0 Å². The molecule has 0 aromatic heterocycles. The van der Waals surface area contributed by atoms with Crippen LogP contribution in [0.3, 0.4) is 0 Å². The maximum atomic E-state index is 11.3. The molecule has 0 bridgehead atoms. The van der Waals surface area contributed by atoms with E-state index in [1.165, 1.54) is 6.04 Å². The Hall–Kier alpha value is -0.616. The second-order valence-electron chi connectivity index (χ2n) is 7.09. The lowest BCUT2D eigenvalue weighted by Gasteiger charge is -2.38. The van der Waals surface area contributed by atoms with Crippen LogP contribution < -0.4 is 0 Å². The van der Waals surface area contributed by atoms with Gasteiger partial charge in [0.1, 0.15) is 0 Å². The summed E-state index contributed by atoms with van der Waals surface area (Å²) in [6.45, 7) is 21.9. The summed E-state index contributed by atoms with van der Waals surface area (Å²) in [5.41, 5.74) is 0.475. The highest BCUT2D eigenvalue weighted by Gasteiger charge is 2.38. The summed E-state index contributed by atoms with van der Waals surface area (Å²) in [6.07, 6.45) is 3.13. The summed E-state index contributed by atoms with van der Waals surface area (Å²) in [7, 11) is -2.54. The van der Waals surface area contributed by atoms with Gasteiger partial charge in [0.15, 0.2) is 0 Å². The Morgan fingerprint density at radius 2 is 1.79 bits per heavy atom. The number of hydrogen-bond donors (Lipinski definition) is 0. The third kappa shape index (κ3) is 6.38. The van der Waals surface area contributed by atoms with Gasteiger partial charge in [-0.1, -0.05) is 51.4 Å². The van der Waals surface area contributed by atoms with Gasteiger partial charge in [0.25, 0.3) is 0 Å². The second kappa shape index (κ2) is 7.24. The average Bonchev–Trinajstić information content (AvgIpc) is 2.22. The van der Waals surface area contributed by atoms with E-state index in [0.717, 1.165) is 6.42 Å². The maximum Gasteiger partial charge on any atom is 0.333 e. The quantitative estimate of drug-likeness (QED) is 0.214. The van der Waals surface area contributed by atoms with Gasteiger partial charge in [-0.25, -0.2) is 4.79 Å². The molecule has 0 saturated carbocycles. The van der Waals surface area contributed by atoms with Crippen LogP contribution in [0.25, 0.3) is 0 Å². The number of rotatable bonds is 8. The fourth-order valence-electron chi connectivity index (χ4n) is 2.82. The van der Waals surface area contributed by atoms with Crippen molar-refractivity contribution in [1.29, 1.82) is 0 Å². The molecule has 0 fully saturated rings. The van der Waals surface area contributed by atoms with Gasteiger partial charge in [-0.3, -0.25) is 0 Å². The fourth-order valence-corrected chi connectivity index (χ4v) is 15.3. The number of ether oxygens (including phenoxy) is 1. The molecule has 0 aliphatic carbocycles. The first-order valence-corrected chi connectivity index (χ1v) is 13.8. The Balaban J connectivity index is 4.34. The number of carbonyl (C=O) groups excluding carboxylic acids is 1. The van der Waals surface area contributed by atoms with Crippen molar-refractivity contribution in [1.82, 2.24) is 0 Å². The largest absolute Gasteiger partial charge is 0.462 e. The first-order valence-electron chi connectivity index (χ1n) is 6.97. The highest BCUT2D eigenvalue weighted by atomic mass is 28.4. The molecule has 0 spiro atoms. The smallest absolute Gasteiger partial charge is 0.333 e. The highest BCUT2D eigenvalue weighted by Crippen LogP contribution is 2.36. The van der Waals surface area contributed by atoms with Crippen LogP contribution in [0.4, 0.5) is 0 Å². The van der Waals surface area contributed by atoms with Gasteiger partial charge in [0, 0.05) is 13.6 Å². The van der Waals surface area contributed by atoms with Crippen molar-refractivity contribution < 1.29 is 9.53 Å². The van der Waals surface area contributed by atoms with Gasteiger partial charge in [-0.15, -0.1) is 6.58 Å². The molecule has 0 saturated heterocycles. The van der Waals surface area contributed by atoms with Crippen LogP contribution in [0, 0.1) is 0 Å². The van der Waals surface area contributed by atoms with Gasteiger partial charge < -0.3 is 4.74 Å². The van der Waals surface area contributed by atoms with E-state index in [1.54, 1.807) is 6.92 Å². The lowest BCUT2D eigenvalue weighted by atomic mass is 10.4. The molecular formula is C15H30O2Si2. The molecule has 0 aliphatic rings. The van der Waals surface area contributed by atoms with E-state index < -0.39 is 16.1 Å². The number of esters is 1. The molecule has 1 atom stereocenters. The van der Waals surface area contributed by atoms with Crippen LogP contribution in [0.1, 0.15) is 13.3 Å². The number of allylic oxidation sites excluding steroid dienone is 1. The van der Waals surface area contributed by atoms with Crippen molar-refractivity contribution in [2.45, 2.75) is 57.3 Å². The molecule has 19 heavy (non-hydrogen) atoms. The lowest BCUT2D eigenvalue weighted by molar-refractivity contribution is -0.138. The Morgan fingerprint density at radius 1 is 1.26 bits per heavy atom. The van der Waals surface area contributed by atoms with E-state index in [4.69, 9.17) is 4.74 Å². The van der Waals surface area contributed by atoms with E-state index >= 15 is 0 Å². The molecule has 0 aromatic rings. The normalized spacial score (nSPS) is 13.8. The second-order valence-corrected chi connectivity index (χ2v) is 18.1. The van der Waals surface area contributed by atoms with Crippen LogP contribution in [0.15, 0.2) is 24.8 Å². The Kier molecular flexibility index (Phi) is 7.01. The fraction of sp³-hybridized carbons (Fsp3) is 0.667. The molecule has 0 amide bonds. The predicted octanol–water partition coefficient (Wildman–Crippen LogP) is 4.64. The summed E-state index contributed by atoms with van der Waals surface area (Å²) >= 11 is 0. The van der Waals surface area contributed by atoms with E-state index in [1.807, 2.05) is 0 Å². The van der Waals surface area contributed by atoms with E-state index in [2.05, 4.69) is 52.0 Å². The molecule has 2 nitrogen and oxygen atoms in total. The first-order chi connectivity index (χ1) is 8.52. The average molecular weight is 299 g/mol. The van der Waals surface area contributed by atoms with Crippen molar-refractivity contribution in [3.05, 3.63) is 24.8 Å². The highest BCUT2D eigenvalue weighted by molar-refractivity contribution is 6.97. The molecule has 1 unspecified atom stereocenters. The SMILES string of the molecule is C=CC([Si](C)(C)C)[Si](C)(C)CCCOC(=O)C(=C)C. The minimum absolute atomic E-state index is 0.273. The minimum atomic E-state index is -1.34. The topological polar surface area (TPSA) is 26.3 Å². The molecule has 0 radical (unpaired) electrons. The number of carbonyl (C=O) groups is 1. The van der Waals surface area contributed by atoms with Crippen LogP contribution in [0.2, 0.25) is 43.9 Å². The predicted molar refractivity (Wildman–Crippen MR) is 90.0 cm³/mol. The molecule has 0 aliphatic heterocycles. The summed E-state index contributed by atoms with van der Waals surface area (Å²) in [6, 6.07) is 1.18. The summed E-state index contributed by atoms with van der Waals surface area (Å²) in [4.78, 5) is 11.3. The Bertz CT molecular complexity index is 341. The van der Waals surface area contributed by atoms with E-state index in [-0.39, 0.29) is 5.97 Å². The Morgan fingerprint density at radius 3 is 2.16 bits per heavy atom. The maximum absolute atomic E-state index is 11.3. The van der Waals surface area contributed by atoms with Gasteiger partial charge in [-0.2, -0.15) is 0 Å². The van der Waals surface area contributed by atoms with Crippen LogP contribution in [-0.4, -0.2) is 28.7 Å². The molecular weight excluding hydrogens is 268 g/mol. The molecule has 0 N–H and O–H groups in total. The van der Waals surface area contributed by atoms with Crippen molar-refractivity contribution in [3.8, 4) is 0 Å². The van der Waals surface area contributed by atoms with Crippen molar-refractivity contribution in [2.75, 3.05) is 6.61 Å². The lowest BCUT2D eigenvalue weighted by Crippen LogP contribution is -2.44. The molecule has 110 valence electrons. The molecule has 4 heteroatoms. The minimum Gasteiger partial charge on any atom is -0.462 e. The third-order valence-corrected chi connectivity index (χ3v) is 14.2. The summed E-state index contributed by atoms with van der Waals surface area (Å²) in [5, 5.41) is 0.705. The zero-order valence-corrected chi connectivity index (χ0v) is 15.5. The molecule has 0 aromatic carbocycles. The van der Waals surface area contributed by atoms with E-state index in [0.29, 0.717) is 17.3 Å². The zero-order chi connectivity index (χ0) is 15.3. The van der Waals surface area contributed by atoms with Crippen molar-refractivity contribution in [3.63, 3.8) is 0 Å². The van der Waals surface area contributed by atoms with Crippen LogP contribution in [0.5, 0.6) is 0 Å². The van der Waals surface area contributed by atoms with Gasteiger partial charge in [0.05, 0.1) is 14.7 Å². The molecule has 0 heterocycles. The van der Waals surface area contributed by atoms with Gasteiger partial charge in [-0.05, 0) is 18.5 Å². The standard InChI is InChI=1S/C15H30O2Si2/c1-9-14(18(4,5)6)19(7,8)12-10-11-17-15(16)13(2)3/h9,14H,1-2,10-12H2,3-8H3. The van der Waals surface area contributed by atoms with Crippen LogP contribution in [-0.2, 0) is 9.53 Å².